The van der Waals surface area contributed by atoms with Crippen LogP contribution in [0.3, 0.4) is 0 Å². The van der Waals surface area contributed by atoms with Gasteiger partial charge >= 0.3 is 0 Å². The van der Waals surface area contributed by atoms with E-state index in [4.69, 9.17) is 4.98 Å². The molecule has 0 saturated carbocycles. The van der Waals surface area contributed by atoms with Crippen molar-refractivity contribution in [2.75, 3.05) is 13.1 Å². The number of likely N-dealkylation sites (tertiary alicyclic amines) is 1. The van der Waals surface area contributed by atoms with Crippen molar-refractivity contribution in [3.63, 3.8) is 0 Å². The zero-order chi connectivity index (χ0) is 18.0. The molecule has 1 aromatic carbocycles. The number of aryl methyl sites for hydroxylation is 1. The molecule has 1 aliphatic rings. The molecule has 1 fully saturated rings. The van der Waals surface area contributed by atoms with E-state index in [-0.39, 0.29) is 0 Å². The number of benzene rings is 1. The van der Waals surface area contributed by atoms with Crippen molar-refractivity contribution in [2.24, 2.45) is 5.41 Å². The second kappa shape index (κ2) is 7.45. The Balaban J connectivity index is 1.93. The number of fused-ring (bicyclic) bond motifs is 1. The van der Waals surface area contributed by atoms with Crippen LogP contribution in [0.2, 0.25) is 0 Å². The molecule has 0 bridgehead atoms. The highest BCUT2D eigenvalue weighted by Gasteiger charge is 2.23. The number of rotatable bonds is 4. The van der Waals surface area contributed by atoms with Crippen molar-refractivity contribution in [3.05, 3.63) is 41.1 Å². The van der Waals surface area contributed by atoms with Crippen LogP contribution >= 0.6 is 0 Å². The van der Waals surface area contributed by atoms with Crippen LogP contribution < -0.4 is 0 Å². The zero-order valence-corrected chi connectivity index (χ0v) is 16.7. The Kier molecular flexibility index (Phi) is 5.48. The Morgan fingerprint density at radius 2 is 1.88 bits per heavy atom. The van der Waals surface area contributed by atoms with Gasteiger partial charge in [-0.1, -0.05) is 46.8 Å². The van der Waals surface area contributed by atoms with E-state index in [2.05, 4.69) is 57.7 Å². The summed E-state index contributed by atoms with van der Waals surface area (Å²) in [5.41, 5.74) is 6.05. The normalized spacial score (nSPS) is 18.6. The van der Waals surface area contributed by atoms with Gasteiger partial charge in [-0.25, -0.2) is 0 Å². The van der Waals surface area contributed by atoms with E-state index in [0.29, 0.717) is 11.3 Å². The summed E-state index contributed by atoms with van der Waals surface area (Å²) >= 11 is 0. The molecule has 25 heavy (non-hydrogen) atoms. The Morgan fingerprint density at radius 1 is 1.08 bits per heavy atom. The van der Waals surface area contributed by atoms with Gasteiger partial charge in [0.2, 0.25) is 0 Å². The third-order valence-corrected chi connectivity index (χ3v) is 5.92. The molecule has 0 spiro atoms. The van der Waals surface area contributed by atoms with Gasteiger partial charge in [0, 0.05) is 18.1 Å². The molecular weight excluding hydrogens is 304 g/mol. The van der Waals surface area contributed by atoms with Crippen molar-refractivity contribution in [3.8, 4) is 0 Å². The molecule has 3 rings (SSSR count). The van der Waals surface area contributed by atoms with E-state index in [1.54, 1.807) is 0 Å². The Labute approximate surface area is 153 Å². The predicted octanol–water partition coefficient (Wildman–Crippen LogP) is 5.93. The number of pyridine rings is 1. The minimum Gasteiger partial charge on any atom is -0.299 e. The molecule has 2 nitrogen and oxygen atoms in total. The summed E-state index contributed by atoms with van der Waals surface area (Å²) in [6, 6.07) is 6.87. The second-order valence-corrected chi connectivity index (χ2v) is 8.81. The lowest BCUT2D eigenvalue weighted by atomic mass is 9.85. The molecule has 136 valence electrons. The van der Waals surface area contributed by atoms with Gasteiger partial charge < -0.3 is 0 Å². The molecule has 0 atom stereocenters. The topological polar surface area (TPSA) is 16.1 Å². The molecule has 1 saturated heterocycles. The summed E-state index contributed by atoms with van der Waals surface area (Å²) < 4.78 is 0. The lowest BCUT2D eigenvalue weighted by Crippen LogP contribution is -2.25. The van der Waals surface area contributed by atoms with Gasteiger partial charge in [0.05, 0.1) is 5.52 Å². The summed E-state index contributed by atoms with van der Waals surface area (Å²) in [7, 11) is 0. The van der Waals surface area contributed by atoms with Gasteiger partial charge in [0.25, 0.3) is 0 Å². The molecule has 1 aliphatic heterocycles. The lowest BCUT2D eigenvalue weighted by Gasteiger charge is -2.24. The van der Waals surface area contributed by atoms with Crippen molar-refractivity contribution in [1.82, 2.24) is 9.88 Å². The van der Waals surface area contributed by atoms with Gasteiger partial charge in [-0.15, -0.1) is 0 Å². The Morgan fingerprint density at radius 3 is 2.60 bits per heavy atom. The van der Waals surface area contributed by atoms with Gasteiger partial charge in [-0.05, 0) is 72.9 Å². The van der Waals surface area contributed by atoms with Gasteiger partial charge in [0.1, 0.15) is 0 Å². The summed E-state index contributed by atoms with van der Waals surface area (Å²) in [6.07, 6.45) is 7.06. The summed E-state index contributed by atoms with van der Waals surface area (Å²) in [4.78, 5) is 7.43. The molecule has 1 aromatic heterocycles. The van der Waals surface area contributed by atoms with Crippen LogP contribution in [0.1, 0.15) is 76.5 Å². The third-order valence-electron chi connectivity index (χ3n) is 5.92. The first kappa shape index (κ1) is 18.4. The highest BCUT2D eigenvalue weighted by atomic mass is 15.1. The minimum atomic E-state index is 0.496. The molecule has 0 amide bonds. The monoisotopic (exact) mass is 338 g/mol. The third kappa shape index (κ3) is 4.06. The first-order chi connectivity index (χ1) is 11.9. The number of hydrogen-bond acceptors (Lipinski definition) is 2. The fourth-order valence-corrected chi connectivity index (χ4v) is 4.31. The van der Waals surface area contributed by atoms with E-state index in [1.807, 2.05) is 6.20 Å². The first-order valence-electron chi connectivity index (χ1n) is 10.0. The van der Waals surface area contributed by atoms with Crippen molar-refractivity contribution in [1.29, 1.82) is 0 Å². The maximum atomic E-state index is 4.79. The average molecular weight is 339 g/mol. The van der Waals surface area contributed by atoms with Crippen LogP contribution in [0.25, 0.3) is 10.9 Å². The summed E-state index contributed by atoms with van der Waals surface area (Å²) in [6.45, 7) is 15.1. The van der Waals surface area contributed by atoms with Crippen molar-refractivity contribution >= 4 is 10.9 Å². The molecule has 0 radical (unpaired) electrons. The molecule has 2 heteroatoms. The van der Waals surface area contributed by atoms with Crippen molar-refractivity contribution in [2.45, 2.75) is 72.8 Å². The molecule has 0 N–H and O–H groups in total. The maximum absolute atomic E-state index is 4.79. The fourth-order valence-electron chi connectivity index (χ4n) is 4.31. The smallest absolute Gasteiger partial charge is 0.0742 e. The van der Waals surface area contributed by atoms with E-state index in [1.165, 1.54) is 59.9 Å². The summed E-state index contributed by atoms with van der Waals surface area (Å²) in [5.74, 6) is 0.514. The fraction of sp³-hybridized carbons (Fsp3) is 0.609. The number of aromatic nitrogens is 1. The van der Waals surface area contributed by atoms with Crippen LogP contribution in [-0.4, -0.2) is 23.0 Å². The van der Waals surface area contributed by atoms with Crippen LogP contribution in [0.15, 0.2) is 24.4 Å². The minimum absolute atomic E-state index is 0.496. The molecule has 2 aromatic rings. The SMILES string of the molecule is CCc1ccc2c(CN3CCCC(C)(C)CC3)ccnc2c1C(C)C. The highest BCUT2D eigenvalue weighted by Crippen LogP contribution is 2.32. The van der Waals surface area contributed by atoms with Crippen LogP contribution in [-0.2, 0) is 13.0 Å². The molecule has 2 heterocycles. The number of nitrogens with zero attached hydrogens (tertiary/aromatic N) is 2. The highest BCUT2D eigenvalue weighted by molar-refractivity contribution is 5.86. The number of hydrogen-bond donors (Lipinski definition) is 0. The largest absolute Gasteiger partial charge is 0.299 e. The predicted molar refractivity (Wildman–Crippen MR) is 108 cm³/mol. The lowest BCUT2D eigenvalue weighted by molar-refractivity contribution is 0.256. The van der Waals surface area contributed by atoms with Crippen molar-refractivity contribution < 1.29 is 0 Å². The van der Waals surface area contributed by atoms with Gasteiger partial charge in [-0.2, -0.15) is 0 Å². The quantitative estimate of drug-likeness (QED) is 0.686. The van der Waals surface area contributed by atoms with Gasteiger partial charge in [-0.3, -0.25) is 9.88 Å². The zero-order valence-electron chi connectivity index (χ0n) is 16.7. The maximum Gasteiger partial charge on any atom is 0.0742 e. The standard InChI is InChI=1S/C23H34N2/c1-6-18-8-9-20-19(10-13-24-22(20)21(18)17(2)3)16-25-14-7-11-23(4,5)12-15-25/h8-10,13,17H,6-7,11-12,14-16H2,1-5H3. The molecule has 0 unspecified atom stereocenters. The van der Waals surface area contributed by atoms with E-state index in [0.717, 1.165) is 13.0 Å². The second-order valence-electron chi connectivity index (χ2n) is 8.81. The molecular formula is C23H34N2. The molecule has 0 aliphatic carbocycles. The van der Waals surface area contributed by atoms with Crippen LogP contribution in [0.5, 0.6) is 0 Å². The van der Waals surface area contributed by atoms with E-state index < -0.39 is 0 Å². The van der Waals surface area contributed by atoms with E-state index in [9.17, 15) is 0 Å². The van der Waals surface area contributed by atoms with E-state index >= 15 is 0 Å². The average Bonchev–Trinajstić information content (AvgIpc) is 2.74. The van der Waals surface area contributed by atoms with Gasteiger partial charge in [0.15, 0.2) is 0 Å². The summed E-state index contributed by atoms with van der Waals surface area (Å²) in [5, 5.41) is 1.35. The Bertz CT molecular complexity index is 730. The first-order valence-corrected chi connectivity index (χ1v) is 10.0. The van der Waals surface area contributed by atoms with Crippen LogP contribution in [0.4, 0.5) is 0 Å². The van der Waals surface area contributed by atoms with Crippen LogP contribution in [0, 0.1) is 5.41 Å². The Hall–Kier alpha value is -1.41.